The largest absolute Gasteiger partial charge is 0.444 e. The number of hydrogen-bond donors (Lipinski definition) is 2. The van der Waals surface area contributed by atoms with Gasteiger partial charge in [-0.15, -0.1) is 0 Å². The number of carbonyl (C=O) groups is 1. The summed E-state index contributed by atoms with van der Waals surface area (Å²) in [5.41, 5.74) is -0.457. The van der Waals surface area contributed by atoms with Crippen LogP contribution < -0.4 is 5.32 Å². The van der Waals surface area contributed by atoms with Gasteiger partial charge in [-0.05, 0) is 40.0 Å². The van der Waals surface area contributed by atoms with E-state index in [1.807, 2.05) is 20.8 Å². The summed E-state index contributed by atoms with van der Waals surface area (Å²) in [6.07, 6.45) is 1.58. The second-order valence-electron chi connectivity index (χ2n) is 4.81. The maximum Gasteiger partial charge on any atom is 0.407 e. The Balaban J connectivity index is 2.27. The minimum atomic E-state index is -0.457. The Kier molecular flexibility index (Phi) is 3.37. The van der Waals surface area contributed by atoms with E-state index in [1.54, 1.807) is 0 Å². The second-order valence-corrected chi connectivity index (χ2v) is 4.81. The maximum absolute atomic E-state index is 11.3. The number of amides is 1. The Bertz CT molecular complexity index is 210. The molecule has 0 aromatic rings. The second kappa shape index (κ2) is 4.17. The number of nitrogens with one attached hydrogen (secondary N) is 1. The Hall–Kier alpha value is -0.770. The standard InChI is InChI=1S/C10H19NO3/c1-10(2,3)14-9(13)11-7-4-5-8(12)6-7/h7-8,12H,4-6H2,1-3H3,(H,11,13)/t7-,8-/m1/s1. The molecule has 1 fully saturated rings. The van der Waals surface area contributed by atoms with Gasteiger partial charge in [0.25, 0.3) is 0 Å². The summed E-state index contributed by atoms with van der Waals surface area (Å²) in [4.78, 5) is 11.3. The number of ether oxygens (including phenoxy) is 1. The van der Waals surface area contributed by atoms with E-state index in [0.29, 0.717) is 6.42 Å². The summed E-state index contributed by atoms with van der Waals surface area (Å²) >= 11 is 0. The third-order valence-electron chi connectivity index (χ3n) is 2.13. The highest BCUT2D eigenvalue weighted by atomic mass is 16.6. The molecule has 1 aliphatic rings. The first kappa shape index (κ1) is 11.3. The summed E-state index contributed by atoms with van der Waals surface area (Å²) in [6.45, 7) is 5.49. The predicted octanol–water partition coefficient (Wildman–Crippen LogP) is 1.42. The molecule has 0 saturated heterocycles. The van der Waals surface area contributed by atoms with Crippen molar-refractivity contribution in [2.24, 2.45) is 0 Å². The Morgan fingerprint density at radius 1 is 1.43 bits per heavy atom. The lowest BCUT2D eigenvalue weighted by Crippen LogP contribution is -2.38. The summed E-state index contributed by atoms with van der Waals surface area (Å²) in [7, 11) is 0. The van der Waals surface area contributed by atoms with Crippen molar-refractivity contribution in [3.05, 3.63) is 0 Å². The average Bonchev–Trinajstić information content (AvgIpc) is 2.30. The molecule has 0 radical (unpaired) electrons. The fourth-order valence-electron chi connectivity index (χ4n) is 1.56. The first-order valence-corrected chi connectivity index (χ1v) is 5.04. The van der Waals surface area contributed by atoms with Gasteiger partial charge in [0.1, 0.15) is 5.60 Å². The molecule has 2 atom stereocenters. The van der Waals surface area contributed by atoms with Crippen LogP contribution >= 0.6 is 0 Å². The lowest BCUT2D eigenvalue weighted by molar-refractivity contribution is 0.0502. The van der Waals surface area contributed by atoms with Gasteiger partial charge in [0.15, 0.2) is 0 Å². The van der Waals surface area contributed by atoms with Crippen LogP contribution in [0.1, 0.15) is 40.0 Å². The van der Waals surface area contributed by atoms with Gasteiger partial charge >= 0.3 is 6.09 Å². The highest BCUT2D eigenvalue weighted by molar-refractivity contribution is 5.68. The van der Waals surface area contributed by atoms with Crippen molar-refractivity contribution in [2.75, 3.05) is 0 Å². The van der Waals surface area contributed by atoms with Crippen molar-refractivity contribution < 1.29 is 14.6 Å². The van der Waals surface area contributed by atoms with E-state index < -0.39 is 11.7 Å². The van der Waals surface area contributed by atoms with Crippen molar-refractivity contribution in [1.29, 1.82) is 0 Å². The molecule has 1 rings (SSSR count). The molecule has 0 bridgehead atoms. The van der Waals surface area contributed by atoms with E-state index in [-0.39, 0.29) is 12.1 Å². The van der Waals surface area contributed by atoms with Crippen LogP contribution in [-0.4, -0.2) is 28.9 Å². The monoisotopic (exact) mass is 201 g/mol. The molecule has 1 amide bonds. The zero-order valence-corrected chi connectivity index (χ0v) is 9.04. The molecule has 14 heavy (non-hydrogen) atoms. The Morgan fingerprint density at radius 2 is 2.07 bits per heavy atom. The highest BCUT2D eigenvalue weighted by Crippen LogP contribution is 2.19. The normalized spacial score (nSPS) is 27.4. The number of carbonyl (C=O) groups excluding carboxylic acids is 1. The third kappa shape index (κ3) is 3.96. The van der Waals surface area contributed by atoms with E-state index >= 15 is 0 Å². The molecule has 2 N–H and O–H groups in total. The fraction of sp³-hybridized carbons (Fsp3) is 0.900. The zero-order valence-electron chi connectivity index (χ0n) is 9.04. The van der Waals surface area contributed by atoms with Crippen molar-refractivity contribution in [1.82, 2.24) is 5.32 Å². The lowest BCUT2D eigenvalue weighted by atomic mass is 10.2. The minimum Gasteiger partial charge on any atom is -0.444 e. The van der Waals surface area contributed by atoms with Crippen LogP contribution in [0.4, 0.5) is 4.79 Å². The van der Waals surface area contributed by atoms with E-state index in [4.69, 9.17) is 4.74 Å². The highest BCUT2D eigenvalue weighted by Gasteiger charge is 2.26. The van der Waals surface area contributed by atoms with Gasteiger partial charge in [0, 0.05) is 6.04 Å². The summed E-state index contributed by atoms with van der Waals surface area (Å²) in [5.74, 6) is 0. The predicted molar refractivity (Wildman–Crippen MR) is 53.0 cm³/mol. The molecule has 4 nitrogen and oxygen atoms in total. The zero-order chi connectivity index (χ0) is 10.8. The molecular weight excluding hydrogens is 182 g/mol. The van der Waals surface area contributed by atoms with E-state index in [2.05, 4.69) is 5.32 Å². The van der Waals surface area contributed by atoms with Gasteiger partial charge in [-0.2, -0.15) is 0 Å². The molecule has 1 saturated carbocycles. The minimum absolute atomic E-state index is 0.0693. The van der Waals surface area contributed by atoms with Crippen molar-refractivity contribution in [3.8, 4) is 0 Å². The molecule has 82 valence electrons. The summed E-state index contributed by atoms with van der Waals surface area (Å²) < 4.78 is 5.10. The van der Waals surface area contributed by atoms with Gasteiger partial charge in [-0.3, -0.25) is 0 Å². The molecule has 1 aliphatic carbocycles. The van der Waals surface area contributed by atoms with Gasteiger partial charge < -0.3 is 15.2 Å². The Morgan fingerprint density at radius 3 is 2.50 bits per heavy atom. The van der Waals surface area contributed by atoms with Gasteiger partial charge in [-0.1, -0.05) is 0 Å². The molecular formula is C10H19NO3. The number of rotatable bonds is 1. The SMILES string of the molecule is CC(C)(C)OC(=O)N[C@@H]1CC[C@@H](O)C1. The van der Waals surface area contributed by atoms with Crippen LogP contribution in [0.25, 0.3) is 0 Å². The van der Waals surface area contributed by atoms with Gasteiger partial charge in [0.05, 0.1) is 6.10 Å². The lowest BCUT2D eigenvalue weighted by Gasteiger charge is -2.21. The van der Waals surface area contributed by atoms with Crippen LogP contribution in [0.2, 0.25) is 0 Å². The molecule has 0 heterocycles. The maximum atomic E-state index is 11.3. The molecule has 0 unspecified atom stereocenters. The topological polar surface area (TPSA) is 58.6 Å². The van der Waals surface area contributed by atoms with Crippen molar-refractivity contribution >= 4 is 6.09 Å². The molecule has 0 aliphatic heterocycles. The van der Waals surface area contributed by atoms with Gasteiger partial charge in [-0.25, -0.2) is 4.79 Å². The number of aliphatic hydroxyl groups excluding tert-OH is 1. The van der Waals surface area contributed by atoms with Crippen LogP contribution in [0.3, 0.4) is 0 Å². The van der Waals surface area contributed by atoms with Crippen molar-refractivity contribution in [3.63, 3.8) is 0 Å². The first-order valence-electron chi connectivity index (χ1n) is 5.04. The molecule has 4 heteroatoms. The van der Waals surface area contributed by atoms with Crippen LogP contribution in [0.5, 0.6) is 0 Å². The van der Waals surface area contributed by atoms with E-state index in [0.717, 1.165) is 12.8 Å². The summed E-state index contributed by atoms with van der Waals surface area (Å²) in [6, 6.07) is 0.0693. The van der Waals surface area contributed by atoms with Crippen LogP contribution in [0.15, 0.2) is 0 Å². The molecule has 0 spiro atoms. The fourth-order valence-corrected chi connectivity index (χ4v) is 1.56. The molecule has 0 aromatic carbocycles. The Labute approximate surface area is 84.6 Å². The van der Waals surface area contributed by atoms with Crippen molar-refractivity contribution in [2.45, 2.75) is 57.8 Å². The first-order chi connectivity index (χ1) is 6.37. The smallest absolute Gasteiger partial charge is 0.407 e. The van der Waals surface area contributed by atoms with Gasteiger partial charge in [0.2, 0.25) is 0 Å². The molecule has 0 aromatic heterocycles. The quantitative estimate of drug-likeness (QED) is 0.674. The third-order valence-corrected chi connectivity index (χ3v) is 2.13. The van der Waals surface area contributed by atoms with Crippen LogP contribution in [-0.2, 0) is 4.74 Å². The summed E-state index contributed by atoms with van der Waals surface area (Å²) in [5, 5.41) is 12.0. The average molecular weight is 201 g/mol. The van der Waals surface area contributed by atoms with E-state index in [1.165, 1.54) is 0 Å². The number of hydrogen-bond acceptors (Lipinski definition) is 3. The number of alkyl carbamates (subject to hydrolysis) is 1. The van der Waals surface area contributed by atoms with E-state index in [9.17, 15) is 9.90 Å². The number of aliphatic hydroxyl groups is 1. The van der Waals surface area contributed by atoms with Crippen LogP contribution in [0, 0.1) is 0 Å².